The summed E-state index contributed by atoms with van der Waals surface area (Å²) < 4.78 is 5.98. The van der Waals surface area contributed by atoms with Crippen molar-refractivity contribution in [3.05, 3.63) is 78.2 Å². The van der Waals surface area contributed by atoms with E-state index in [0.29, 0.717) is 19.4 Å². The van der Waals surface area contributed by atoms with Crippen LogP contribution in [0.1, 0.15) is 17.7 Å². The Labute approximate surface area is 194 Å². The molecule has 1 aliphatic rings. The summed E-state index contributed by atoms with van der Waals surface area (Å²) in [5, 5.41) is 10.6. The SMILES string of the molecule is NC(=O)[C@H](Cc1ccccc1)CC(O)CN1CCN(Cc2ccc(-c3ccccn3)o2)CC1. The average Bonchev–Trinajstić information content (AvgIpc) is 3.30. The second kappa shape index (κ2) is 11.2. The van der Waals surface area contributed by atoms with Gasteiger partial charge < -0.3 is 15.3 Å². The zero-order valence-electron chi connectivity index (χ0n) is 18.8. The summed E-state index contributed by atoms with van der Waals surface area (Å²) in [6.07, 6.45) is 2.12. The highest BCUT2D eigenvalue weighted by atomic mass is 16.3. The van der Waals surface area contributed by atoms with E-state index >= 15 is 0 Å². The molecule has 0 radical (unpaired) electrons. The molecule has 1 aromatic carbocycles. The molecule has 1 aliphatic heterocycles. The smallest absolute Gasteiger partial charge is 0.220 e. The van der Waals surface area contributed by atoms with Crippen molar-refractivity contribution < 1.29 is 14.3 Å². The minimum Gasteiger partial charge on any atom is -0.458 e. The summed E-state index contributed by atoms with van der Waals surface area (Å²) in [6.45, 7) is 4.84. The van der Waals surface area contributed by atoms with Crippen molar-refractivity contribution >= 4 is 5.91 Å². The van der Waals surface area contributed by atoms with Crippen LogP contribution in [0.5, 0.6) is 0 Å². The standard InChI is InChI=1S/C26H32N4O3/c27-26(32)21(16-20-6-2-1-3-7-20)17-22(31)18-29-12-14-30(15-13-29)19-23-9-10-25(33-23)24-8-4-5-11-28-24/h1-11,21-22,31H,12-19H2,(H2,27,32)/t21-,22?/m1/s1. The van der Waals surface area contributed by atoms with Gasteiger partial charge in [0.1, 0.15) is 11.5 Å². The maximum absolute atomic E-state index is 11.9. The zero-order chi connectivity index (χ0) is 23.0. The van der Waals surface area contributed by atoms with Crippen LogP contribution in [0.25, 0.3) is 11.5 Å². The van der Waals surface area contributed by atoms with Crippen LogP contribution < -0.4 is 5.73 Å². The van der Waals surface area contributed by atoms with Crippen molar-refractivity contribution in [2.24, 2.45) is 11.7 Å². The van der Waals surface area contributed by atoms with Gasteiger partial charge in [-0.2, -0.15) is 0 Å². The summed E-state index contributed by atoms with van der Waals surface area (Å²) in [7, 11) is 0. The fourth-order valence-corrected chi connectivity index (χ4v) is 4.36. The van der Waals surface area contributed by atoms with Gasteiger partial charge in [0.15, 0.2) is 5.76 Å². The van der Waals surface area contributed by atoms with Gasteiger partial charge in [-0.1, -0.05) is 36.4 Å². The molecule has 3 heterocycles. The normalized spacial score (nSPS) is 17.0. The lowest BCUT2D eigenvalue weighted by atomic mass is 9.93. The fourth-order valence-electron chi connectivity index (χ4n) is 4.36. The Balaban J connectivity index is 1.22. The Kier molecular flexibility index (Phi) is 7.88. The lowest BCUT2D eigenvalue weighted by molar-refractivity contribution is -0.122. The number of carbonyl (C=O) groups excluding carboxylic acids is 1. The van der Waals surface area contributed by atoms with Crippen LogP contribution in [0, 0.1) is 5.92 Å². The molecule has 1 unspecified atom stereocenters. The Morgan fingerprint density at radius 1 is 1.00 bits per heavy atom. The maximum Gasteiger partial charge on any atom is 0.220 e. The molecule has 0 aliphatic carbocycles. The van der Waals surface area contributed by atoms with Crippen molar-refractivity contribution in [3.63, 3.8) is 0 Å². The van der Waals surface area contributed by atoms with E-state index in [9.17, 15) is 9.90 Å². The number of nitrogens with zero attached hydrogens (tertiary/aromatic N) is 3. The van der Waals surface area contributed by atoms with Gasteiger partial charge in [0.05, 0.1) is 12.6 Å². The van der Waals surface area contributed by atoms with Gasteiger partial charge in [0, 0.05) is 44.8 Å². The van der Waals surface area contributed by atoms with Gasteiger partial charge in [-0.25, -0.2) is 0 Å². The molecule has 7 heteroatoms. The first-order valence-corrected chi connectivity index (χ1v) is 11.5. The predicted molar refractivity (Wildman–Crippen MR) is 127 cm³/mol. The Morgan fingerprint density at radius 3 is 2.42 bits per heavy atom. The summed E-state index contributed by atoms with van der Waals surface area (Å²) >= 11 is 0. The number of amides is 1. The number of primary amides is 1. The minimum absolute atomic E-state index is 0.355. The van der Waals surface area contributed by atoms with E-state index in [1.807, 2.05) is 60.7 Å². The van der Waals surface area contributed by atoms with E-state index < -0.39 is 6.10 Å². The number of benzene rings is 1. The molecule has 1 fully saturated rings. The summed E-state index contributed by atoms with van der Waals surface area (Å²) in [5.74, 6) is 0.989. The number of hydrogen-bond acceptors (Lipinski definition) is 6. The molecular formula is C26H32N4O3. The van der Waals surface area contributed by atoms with Crippen molar-refractivity contribution in [3.8, 4) is 11.5 Å². The number of pyridine rings is 1. The van der Waals surface area contributed by atoms with Crippen molar-refractivity contribution in [2.45, 2.75) is 25.5 Å². The summed E-state index contributed by atoms with van der Waals surface area (Å²) in [6, 6.07) is 19.6. The van der Waals surface area contributed by atoms with Gasteiger partial charge in [-0.15, -0.1) is 0 Å². The molecule has 174 valence electrons. The third-order valence-corrected chi connectivity index (χ3v) is 6.18. The Bertz CT molecular complexity index is 1000. The molecule has 2 aromatic heterocycles. The van der Waals surface area contributed by atoms with Crippen molar-refractivity contribution in [1.29, 1.82) is 0 Å². The van der Waals surface area contributed by atoms with Gasteiger partial charge in [-0.05, 0) is 42.7 Å². The molecule has 33 heavy (non-hydrogen) atoms. The van der Waals surface area contributed by atoms with E-state index in [0.717, 1.165) is 55.5 Å². The van der Waals surface area contributed by atoms with E-state index in [4.69, 9.17) is 10.2 Å². The Hall–Kier alpha value is -3.00. The quantitative estimate of drug-likeness (QED) is 0.495. The molecular weight excluding hydrogens is 416 g/mol. The molecule has 0 saturated carbocycles. The number of aromatic nitrogens is 1. The lowest BCUT2D eigenvalue weighted by Crippen LogP contribution is -2.48. The second-order valence-electron chi connectivity index (χ2n) is 8.74. The monoisotopic (exact) mass is 448 g/mol. The van der Waals surface area contributed by atoms with Gasteiger partial charge in [0.25, 0.3) is 0 Å². The maximum atomic E-state index is 11.9. The van der Waals surface area contributed by atoms with Crippen LogP contribution in [0.4, 0.5) is 0 Å². The van der Waals surface area contributed by atoms with Crippen molar-refractivity contribution in [1.82, 2.24) is 14.8 Å². The average molecular weight is 449 g/mol. The van der Waals surface area contributed by atoms with Crippen LogP contribution >= 0.6 is 0 Å². The molecule has 7 nitrogen and oxygen atoms in total. The molecule has 0 spiro atoms. The number of carbonyl (C=O) groups is 1. The number of rotatable bonds is 10. The summed E-state index contributed by atoms with van der Waals surface area (Å²) in [4.78, 5) is 20.9. The van der Waals surface area contributed by atoms with E-state index in [2.05, 4.69) is 14.8 Å². The molecule has 3 aromatic rings. The number of furan rings is 1. The van der Waals surface area contributed by atoms with Gasteiger partial charge in [0.2, 0.25) is 5.91 Å². The number of hydrogen-bond donors (Lipinski definition) is 2. The first-order chi connectivity index (χ1) is 16.1. The third-order valence-electron chi connectivity index (χ3n) is 6.18. The molecule has 3 N–H and O–H groups in total. The summed E-state index contributed by atoms with van der Waals surface area (Å²) in [5.41, 5.74) is 7.51. The molecule has 4 rings (SSSR count). The first-order valence-electron chi connectivity index (χ1n) is 11.5. The zero-order valence-corrected chi connectivity index (χ0v) is 18.8. The van der Waals surface area contributed by atoms with E-state index in [1.165, 1.54) is 0 Å². The van der Waals surface area contributed by atoms with Gasteiger partial charge >= 0.3 is 0 Å². The third kappa shape index (κ3) is 6.74. The number of aliphatic hydroxyl groups is 1. The lowest BCUT2D eigenvalue weighted by Gasteiger charge is -2.35. The second-order valence-corrected chi connectivity index (χ2v) is 8.74. The predicted octanol–water partition coefficient (Wildman–Crippen LogP) is 2.55. The Morgan fingerprint density at radius 2 is 1.73 bits per heavy atom. The molecule has 1 amide bonds. The van der Waals surface area contributed by atoms with Crippen LogP contribution in [0.3, 0.4) is 0 Å². The molecule has 0 bridgehead atoms. The highest BCUT2D eigenvalue weighted by molar-refractivity contribution is 5.77. The minimum atomic E-state index is -0.580. The van der Waals surface area contributed by atoms with Gasteiger partial charge in [-0.3, -0.25) is 19.6 Å². The number of aliphatic hydroxyl groups excluding tert-OH is 1. The van der Waals surface area contributed by atoms with Crippen LogP contribution in [-0.2, 0) is 17.8 Å². The van der Waals surface area contributed by atoms with Crippen LogP contribution in [0.2, 0.25) is 0 Å². The van der Waals surface area contributed by atoms with Crippen LogP contribution in [0.15, 0.2) is 71.3 Å². The largest absolute Gasteiger partial charge is 0.458 e. The van der Waals surface area contributed by atoms with Crippen LogP contribution in [-0.4, -0.2) is 64.6 Å². The highest BCUT2D eigenvalue weighted by Gasteiger charge is 2.24. The van der Waals surface area contributed by atoms with E-state index in [1.54, 1.807) is 6.20 Å². The molecule has 2 atom stereocenters. The fraction of sp³-hybridized carbons (Fsp3) is 0.385. The molecule has 1 saturated heterocycles. The van der Waals surface area contributed by atoms with E-state index in [-0.39, 0.29) is 11.8 Å². The number of β-amino-alcohol motifs (C(OH)–C–C–N with tert-alkyl or cyclic N) is 1. The first kappa shape index (κ1) is 23.2. The highest BCUT2D eigenvalue weighted by Crippen LogP contribution is 2.21. The topological polar surface area (TPSA) is 95.8 Å². The van der Waals surface area contributed by atoms with Crippen molar-refractivity contribution in [2.75, 3.05) is 32.7 Å². The number of piperazine rings is 1. The number of nitrogens with two attached hydrogens (primary N) is 1.